The molecule has 2 aromatic rings. The second kappa shape index (κ2) is 5.27. The lowest BCUT2D eigenvalue weighted by molar-refractivity contribution is 0.396. The van der Waals surface area contributed by atoms with Crippen molar-refractivity contribution in [3.8, 4) is 5.88 Å². The third-order valence-electron chi connectivity index (χ3n) is 2.28. The first-order valence-corrected chi connectivity index (χ1v) is 5.24. The standard InChI is InChI=1S/C12H14N4O/c1-17-12-8-14-7-11(16-12)15-10-4-2-9(6-13)3-5-10/h2-5,7-8H,6,13H2,1H3,(H,15,16). The Morgan fingerprint density at radius 2 is 2.00 bits per heavy atom. The summed E-state index contributed by atoms with van der Waals surface area (Å²) in [4.78, 5) is 8.22. The van der Waals surface area contributed by atoms with Crippen molar-refractivity contribution >= 4 is 11.5 Å². The van der Waals surface area contributed by atoms with Crippen LogP contribution in [0.5, 0.6) is 5.88 Å². The lowest BCUT2D eigenvalue weighted by Gasteiger charge is -2.06. The molecule has 0 saturated carbocycles. The molecule has 0 radical (unpaired) electrons. The van der Waals surface area contributed by atoms with Gasteiger partial charge < -0.3 is 15.8 Å². The Morgan fingerprint density at radius 1 is 1.24 bits per heavy atom. The number of ether oxygens (including phenoxy) is 1. The molecule has 0 unspecified atom stereocenters. The molecule has 1 aromatic carbocycles. The smallest absolute Gasteiger partial charge is 0.233 e. The van der Waals surface area contributed by atoms with Gasteiger partial charge in [-0.15, -0.1) is 0 Å². The maximum atomic E-state index is 5.53. The molecule has 17 heavy (non-hydrogen) atoms. The van der Waals surface area contributed by atoms with E-state index in [0.29, 0.717) is 18.2 Å². The first-order chi connectivity index (χ1) is 8.31. The number of nitrogens with one attached hydrogen (secondary N) is 1. The summed E-state index contributed by atoms with van der Waals surface area (Å²) in [5.74, 6) is 1.12. The van der Waals surface area contributed by atoms with Gasteiger partial charge in [-0.05, 0) is 17.7 Å². The highest BCUT2D eigenvalue weighted by atomic mass is 16.5. The van der Waals surface area contributed by atoms with Crippen molar-refractivity contribution in [3.63, 3.8) is 0 Å². The Kier molecular flexibility index (Phi) is 3.52. The quantitative estimate of drug-likeness (QED) is 0.836. The van der Waals surface area contributed by atoms with Crippen molar-refractivity contribution in [1.29, 1.82) is 0 Å². The molecule has 5 nitrogen and oxygen atoms in total. The topological polar surface area (TPSA) is 73.1 Å². The van der Waals surface area contributed by atoms with Gasteiger partial charge in [0.05, 0.1) is 19.5 Å². The Balaban J connectivity index is 2.13. The molecular weight excluding hydrogens is 216 g/mol. The van der Waals surface area contributed by atoms with Crippen LogP contribution in [0.3, 0.4) is 0 Å². The third kappa shape index (κ3) is 2.92. The summed E-state index contributed by atoms with van der Waals surface area (Å²) in [7, 11) is 1.56. The molecule has 0 aliphatic heterocycles. The molecular formula is C12H14N4O. The summed E-state index contributed by atoms with van der Waals surface area (Å²) >= 11 is 0. The van der Waals surface area contributed by atoms with E-state index < -0.39 is 0 Å². The summed E-state index contributed by atoms with van der Waals surface area (Å²) in [6.45, 7) is 0.541. The van der Waals surface area contributed by atoms with Gasteiger partial charge in [-0.1, -0.05) is 12.1 Å². The molecule has 0 saturated heterocycles. The molecule has 0 fully saturated rings. The van der Waals surface area contributed by atoms with Gasteiger partial charge in [-0.25, -0.2) is 0 Å². The van der Waals surface area contributed by atoms with Crippen LogP contribution >= 0.6 is 0 Å². The number of nitrogens with two attached hydrogens (primary N) is 1. The lowest BCUT2D eigenvalue weighted by atomic mass is 10.2. The summed E-state index contributed by atoms with van der Waals surface area (Å²) < 4.78 is 5.00. The first kappa shape index (κ1) is 11.3. The van der Waals surface area contributed by atoms with Crippen molar-refractivity contribution in [3.05, 3.63) is 42.2 Å². The normalized spacial score (nSPS) is 10.0. The fraction of sp³-hybridized carbons (Fsp3) is 0.167. The van der Waals surface area contributed by atoms with E-state index >= 15 is 0 Å². The van der Waals surface area contributed by atoms with E-state index in [0.717, 1.165) is 11.3 Å². The van der Waals surface area contributed by atoms with Gasteiger partial charge in [0.15, 0.2) is 5.82 Å². The first-order valence-electron chi connectivity index (χ1n) is 5.24. The third-order valence-corrected chi connectivity index (χ3v) is 2.28. The van der Waals surface area contributed by atoms with Crippen molar-refractivity contribution in [2.45, 2.75) is 6.54 Å². The molecule has 3 N–H and O–H groups in total. The maximum absolute atomic E-state index is 5.53. The highest BCUT2D eigenvalue weighted by Crippen LogP contribution is 2.16. The second-order valence-electron chi connectivity index (χ2n) is 3.47. The van der Waals surface area contributed by atoms with E-state index in [9.17, 15) is 0 Å². The van der Waals surface area contributed by atoms with Gasteiger partial charge in [-0.3, -0.25) is 4.98 Å². The van der Waals surface area contributed by atoms with Crippen LogP contribution in [0.2, 0.25) is 0 Å². The zero-order valence-corrected chi connectivity index (χ0v) is 9.55. The van der Waals surface area contributed by atoms with E-state index in [2.05, 4.69) is 15.3 Å². The average Bonchev–Trinajstić information content (AvgIpc) is 2.40. The Hall–Kier alpha value is -2.14. The molecule has 0 amide bonds. The van der Waals surface area contributed by atoms with Crippen molar-refractivity contribution in [2.24, 2.45) is 5.73 Å². The minimum Gasteiger partial charge on any atom is -0.480 e. The van der Waals surface area contributed by atoms with Crippen LogP contribution in [0.4, 0.5) is 11.5 Å². The molecule has 0 spiro atoms. The zero-order chi connectivity index (χ0) is 12.1. The van der Waals surface area contributed by atoms with E-state index in [4.69, 9.17) is 10.5 Å². The monoisotopic (exact) mass is 230 g/mol. The highest BCUT2D eigenvalue weighted by molar-refractivity contribution is 5.55. The van der Waals surface area contributed by atoms with Crippen LogP contribution < -0.4 is 15.8 Å². The van der Waals surface area contributed by atoms with Gasteiger partial charge in [0.1, 0.15) is 0 Å². The summed E-state index contributed by atoms with van der Waals surface area (Å²) in [5.41, 5.74) is 7.56. The van der Waals surface area contributed by atoms with Gasteiger partial charge >= 0.3 is 0 Å². The summed E-state index contributed by atoms with van der Waals surface area (Å²) in [5, 5.41) is 3.14. The van der Waals surface area contributed by atoms with Crippen LogP contribution in [0, 0.1) is 0 Å². The molecule has 88 valence electrons. The number of nitrogens with zero attached hydrogens (tertiary/aromatic N) is 2. The maximum Gasteiger partial charge on any atom is 0.233 e. The average molecular weight is 230 g/mol. The second-order valence-corrected chi connectivity index (χ2v) is 3.47. The number of aromatic nitrogens is 2. The molecule has 0 atom stereocenters. The summed E-state index contributed by atoms with van der Waals surface area (Å²) in [6, 6.07) is 7.83. The number of methoxy groups -OCH3 is 1. The Labute approximate surface area is 99.7 Å². The van der Waals surface area contributed by atoms with Crippen LogP contribution in [0.15, 0.2) is 36.7 Å². The van der Waals surface area contributed by atoms with E-state index in [-0.39, 0.29) is 0 Å². The molecule has 0 aliphatic rings. The number of rotatable bonds is 4. The fourth-order valence-electron chi connectivity index (χ4n) is 1.38. The fourth-order valence-corrected chi connectivity index (χ4v) is 1.38. The lowest BCUT2D eigenvalue weighted by Crippen LogP contribution is -1.98. The van der Waals surface area contributed by atoms with Gasteiger partial charge in [0.25, 0.3) is 0 Å². The minimum absolute atomic E-state index is 0.480. The predicted molar refractivity (Wildman–Crippen MR) is 66.2 cm³/mol. The largest absolute Gasteiger partial charge is 0.480 e. The SMILES string of the molecule is COc1cncc(Nc2ccc(CN)cc2)n1. The van der Waals surface area contributed by atoms with E-state index in [1.165, 1.54) is 0 Å². The molecule has 1 heterocycles. The molecule has 2 rings (SSSR count). The number of hydrogen-bond donors (Lipinski definition) is 2. The van der Waals surface area contributed by atoms with Crippen LogP contribution in [0.25, 0.3) is 0 Å². The number of hydrogen-bond acceptors (Lipinski definition) is 5. The zero-order valence-electron chi connectivity index (χ0n) is 9.55. The van der Waals surface area contributed by atoms with Gasteiger partial charge in [0.2, 0.25) is 5.88 Å². The van der Waals surface area contributed by atoms with Gasteiger partial charge in [0, 0.05) is 12.2 Å². The molecule has 1 aromatic heterocycles. The van der Waals surface area contributed by atoms with Crippen LogP contribution in [0.1, 0.15) is 5.56 Å². The molecule has 0 aliphatic carbocycles. The Morgan fingerprint density at radius 3 is 2.65 bits per heavy atom. The van der Waals surface area contributed by atoms with Crippen molar-refractivity contribution in [1.82, 2.24) is 9.97 Å². The predicted octanol–water partition coefficient (Wildman–Crippen LogP) is 1.69. The van der Waals surface area contributed by atoms with Gasteiger partial charge in [-0.2, -0.15) is 4.98 Å². The number of anilines is 2. The van der Waals surface area contributed by atoms with Crippen LogP contribution in [-0.4, -0.2) is 17.1 Å². The highest BCUT2D eigenvalue weighted by Gasteiger charge is 1.99. The van der Waals surface area contributed by atoms with E-state index in [1.807, 2.05) is 24.3 Å². The Bertz CT molecular complexity index is 484. The summed E-state index contributed by atoms with van der Waals surface area (Å²) in [6.07, 6.45) is 3.20. The van der Waals surface area contributed by atoms with E-state index in [1.54, 1.807) is 19.5 Å². The minimum atomic E-state index is 0.480. The molecule has 5 heteroatoms. The van der Waals surface area contributed by atoms with Crippen molar-refractivity contribution < 1.29 is 4.74 Å². The van der Waals surface area contributed by atoms with Crippen molar-refractivity contribution in [2.75, 3.05) is 12.4 Å². The molecule has 0 bridgehead atoms. The van der Waals surface area contributed by atoms with Crippen LogP contribution in [-0.2, 0) is 6.54 Å². The number of benzene rings is 1.